The number of anilines is 1. The fourth-order valence-electron chi connectivity index (χ4n) is 5.70. The Morgan fingerprint density at radius 2 is 1.93 bits per heavy atom. The van der Waals surface area contributed by atoms with Gasteiger partial charge in [-0.25, -0.2) is 0 Å². The number of hydrogen-bond acceptors (Lipinski definition) is 3. The molecular weight excluding hydrogens is 376 g/mol. The molecule has 2 aromatic carbocycles. The summed E-state index contributed by atoms with van der Waals surface area (Å²) in [6.07, 6.45) is 5.55. The van der Waals surface area contributed by atoms with E-state index in [2.05, 4.69) is 11.9 Å². The third kappa shape index (κ3) is 2.76. The van der Waals surface area contributed by atoms with Gasteiger partial charge in [-0.3, -0.25) is 14.5 Å². The van der Waals surface area contributed by atoms with Gasteiger partial charge >= 0.3 is 0 Å². The number of amides is 2. The highest BCUT2D eigenvalue weighted by atomic mass is 16.5. The van der Waals surface area contributed by atoms with E-state index in [4.69, 9.17) is 4.74 Å². The van der Waals surface area contributed by atoms with Gasteiger partial charge in [-0.05, 0) is 36.6 Å². The van der Waals surface area contributed by atoms with Crippen LogP contribution in [0.3, 0.4) is 0 Å². The summed E-state index contributed by atoms with van der Waals surface area (Å²) < 4.78 is 6.60. The zero-order valence-electron chi connectivity index (χ0n) is 16.9. The highest BCUT2D eigenvalue weighted by Gasteiger charge is 2.64. The van der Waals surface area contributed by atoms with Crippen LogP contribution in [0.15, 0.2) is 67.3 Å². The van der Waals surface area contributed by atoms with Gasteiger partial charge in [-0.2, -0.15) is 0 Å². The Labute approximate surface area is 176 Å². The summed E-state index contributed by atoms with van der Waals surface area (Å²) in [5, 5.41) is 2.98. The number of nitrogens with zero attached hydrogens (tertiary/aromatic N) is 1. The average Bonchev–Trinajstić information content (AvgIpc) is 2.77. The lowest BCUT2D eigenvalue weighted by Crippen LogP contribution is -2.71. The molecule has 2 amide bonds. The fourth-order valence-corrected chi connectivity index (χ4v) is 5.70. The standard InChI is InChI=1S/C25H26N2O3/c1-2-16-27-24(29)22(23(28)26-17-10-4-3-5-11-17)21-18-12-6-7-14-20(18)30-25(27)15-9-8-13-19(21)25/h2-7,10-12,14,19,21-22H,1,8-9,13,15-16H2,(H,26,28)/t19-,21-,22-,25-/m0/s1. The normalized spacial score (nSPS) is 29.3. The number of nitrogens with one attached hydrogen (secondary N) is 1. The Morgan fingerprint density at radius 3 is 2.73 bits per heavy atom. The number of rotatable bonds is 4. The molecule has 2 aliphatic heterocycles. The maximum Gasteiger partial charge on any atom is 0.239 e. The van der Waals surface area contributed by atoms with Crippen molar-refractivity contribution >= 4 is 17.5 Å². The van der Waals surface area contributed by atoms with Gasteiger partial charge in [0.25, 0.3) is 0 Å². The summed E-state index contributed by atoms with van der Waals surface area (Å²) in [5.74, 6) is -0.508. The summed E-state index contributed by atoms with van der Waals surface area (Å²) in [7, 11) is 0. The van der Waals surface area contributed by atoms with E-state index in [1.807, 2.05) is 54.6 Å². The van der Waals surface area contributed by atoms with Crippen LogP contribution < -0.4 is 10.1 Å². The van der Waals surface area contributed by atoms with Crippen LogP contribution >= 0.6 is 0 Å². The number of fused-ring (bicyclic) bond motifs is 2. The molecule has 2 heterocycles. The molecule has 5 rings (SSSR count). The smallest absolute Gasteiger partial charge is 0.239 e. The van der Waals surface area contributed by atoms with Crippen molar-refractivity contribution in [1.82, 2.24) is 4.90 Å². The molecule has 5 heteroatoms. The number of benzene rings is 2. The van der Waals surface area contributed by atoms with Crippen molar-refractivity contribution in [2.24, 2.45) is 11.8 Å². The van der Waals surface area contributed by atoms with Crippen LogP contribution in [0.2, 0.25) is 0 Å². The van der Waals surface area contributed by atoms with Crippen LogP contribution in [0, 0.1) is 11.8 Å². The quantitative estimate of drug-likeness (QED) is 0.612. The van der Waals surface area contributed by atoms with Crippen molar-refractivity contribution in [2.45, 2.75) is 37.3 Å². The molecule has 1 saturated carbocycles. The highest BCUT2D eigenvalue weighted by molar-refractivity contribution is 6.08. The fraction of sp³-hybridized carbons (Fsp3) is 0.360. The number of carbonyl (C=O) groups excluding carboxylic acids is 2. The second-order valence-corrected chi connectivity index (χ2v) is 8.43. The Kier molecular flexibility index (Phi) is 4.61. The molecule has 2 bridgehead atoms. The first kappa shape index (κ1) is 18.9. The van der Waals surface area contributed by atoms with Gasteiger partial charge in [0.05, 0.1) is 0 Å². The number of piperidine rings is 1. The Balaban J connectivity index is 1.63. The van der Waals surface area contributed by atoms with Crippen LogP contribution in [0.5, 0.6) is 5.75 Å². The molecule has 1 N–H and O–H groups in total. The lowest BCUT2D eigenvalue weighted by atomic mass is 9.61. The predicted molar refractivity (Wildman–Crippen MR) is 115 cm³/mol. The minimum atomic E-state index is -0.786. The SMILES string of the molecule is C=CCN1C(=O)[C@H](C(=O)Nc2ccccc2)[C@H]2c3ccccc3O[C@]13CCCC[C@@H]23. The summed E-state index contributed by atoms with van der Waals surface area (Å²) in [6.45, 7) is 4.24. The molecule has 2 aromatic rings. The predicted octanol–water partition coefficient (Wildman–Crippen LogP) is 4.33. The first-order chi connectivity index (χ1) is 14.7. The van der Waals surface area contributed by atoms with Crippen LogP contribution in [-0.4, -0.2) is 29.0 Å². The van der Waals surface area contributed by atoms with Crippen molar-refractivity contribution < 1.29 is 14.3 Å². The summed E-state index contributed by atoms with van der Waals surface area (Å²) in [4.78, 5) is 29.0. The van der Waals surface area contributed by atoms with E-state index in [1.54, 1.807) is 11.0 Å². The van der Waals surface area contributed by atoms with E-state index < -0.39 is 11.6 Å². The van der Waals surface area contributed by atoms with Gasteiger partial charge in [0.1, 0.15) is 11.7 Å². The topological polar surface area (TPSA) is 58.6 Å². The van der Waals surface area contributed by atoms with Gasteiger partial charge in [-0.1, -0.05) is 48.9 Å². The molecule has 0 unspecified atom stereocenters. The Hall–Kier alpha value is -3.08. The molecular formula is C25H26N2O3. The molecule has 1 aliphatic carbocycles. The molecule has 0 spiro atoms. The van der Waals surface area contributed by atoms with Crippen molar-refractivity contribution in [3.63, 3.8) is 0 Å². The van der Waals surface area contributed by atoms with Gasteiger partial charge < -0.3 is 10.1 Å². The molecule has 1 saturated heterocycles. The summed E-state index contributed by atoms with van der Waals surface area (Å²) in [5.41, 5.74) is 0.984. The van der Waals surface area contributed by atoms with Crippen molar-refractivity contribution in [1.29, 1.82) is 0 Å². The van der Waals surface area contributed by atoms with Crippen molar-refractivity contribution in [3.05, 3.63) is 72.8 Å². The van der Waals surface area contributed by atoms with Crippen molar-refractivity contribution in [2.75, 3.05) is 11.9 Å². The third-order valence-electron chi connectivity index (χ3n) is 6.86. The van der Waals surface area contributed by atoms with Crippen molar-refractivity contribution in [3.8, 4) is 5.75 Å². The summed E-state index contributed by atoms with van der Waals surface area (Å²) in [6, 6.07) is 17.2. The Morgan fingerprint density at radius 1 is 1.17 bits per heavy atom. The molecule has 0 radical (unpaired) electrons. The molecule has 3 aliphatic rings. The Bertz CT molecular complexity index is 989. The molecule has 4 atom stereocenters. The second kappa shape index (κ2) is 7.31. The monoisotopic (exact) mass is 402 g/mol. The van der Waals surface area contributed by atoms with E-state index in [-0.39, 0.29) is 23.7 Å². The van der Waals surface area contributed by atoms with Crippen LogP contribution in [0.1, 0.15) is 37.2 Å². The van der Waals surface area contributed by atoms with E-state index in [9.17, 15) is 9.59 Å². The van der Waals surface area contributed by atoms with Gasteiger partial charge in [0, 0.05) is 30.5 Å². The molecule has 30 heavy (non-hydrogen) atoms. The molecule has 154 valence electrons. The van der Waals surface area contributed by atoms with Gasteiger partial charge in [0.15, 0.2) is 5.72 Å². The minimum Gasteiger partial charge on any atom is -0.467 e. The third-order valence-corrected chi connectivity index (χ3v) is 6.86. The maximum absolute atomic E-state index is 13.8. The van der Waals surface area contributed by atoms with E-state index in [0.29, 0.717) is 12.2 Å². The summed E-state index contributed by atoms with van der Waals surface area (Å²) >= 11 is 0. The largest absolute Gasteiger partial charge is 0.467 e. The number of ether oxygens (including phenoxy) is 1. The molecule has 5 nitrogen and oxygen atoms in total. The zero-order valence-corrected chi connectivity index (χ0v) is 16.9. The first-order valence-corrected chi connectivity index (χ1v) is 10.7. The van der Waals surface area contributed by atoms with Crippen LogP contribution in [-0.2, 0) is 9.59 Å². The van der Waals surface area contributed by atoms with E-state index >= 15 is 0 Å². The zero-order chi connectivity index (χ0) is 20.7. The van der Waals surface area contributed by atoms with Crippen LogP contribution in [0.4, 0.5) is 5.69 Å². The highest BCUT2D eigenvalue weighted by Crippen LogP contribution is 2.58. The van der Waals surface area contributed by atoms with Crippen LogP contribution in [0.25, 0.3) is 0 Å². The lowest BCUT2D eigenvalue weighted by Gasteiger charge is -2.60. The number of carbonyl (C=O) groups is 2. The molecule has 2 fully saturated rings. The second-order valence-electron chi connectivity index (χ2n) is 8.43. The first-order valence-electron chi connectivity index (χ1n) is 10.7. The number of hydrogen-bond donors (Lipinski definition) is 1. The lowest BCUT2D eigenvalue weighted by molar-refractivity contribution is -0.204. The molecule has 0 aromatic heterocycles. The number of para-hydroxylation sites is 2. The maximum atomic E-state index is 13.8. The average molecular weight is 402 g/mol. The minimum absolute atomic E-state index is 0.0883. The number of likely N-dealkylation sites (tertiary alicyclic amines) is 1. The van der Waals surface area contributed by atoms with Gasteiger partial charge in [0.2, 0.25) is 11.8 Å². The van der Waals surface area contributed by atoms with E-state index in [1.165, 1.54) is 0 Å². The van der Waals surface area contributed by atoms with E-state index in [0.717, 1.165) is 37.0 Å². The van der Waals surface area contributed by atoms with Gasteiger partial charge in [-0.15, -0.1) is 6.58 Å².